The van der Waals surface area contributed by atoms with Crippen LogP contribution in [0.25, 0.3) is 6.08 Å². The van der Waals surface area contributed by atoms with Gasteiger partial charge >= 0.3 is 0 Å². The molecule has 6 heteroatoms. The molecule has 14 heavy (non-hydrogen) atoms. The van der Waals surface area contributed by atoms with Gasteiger partial charge in [0.1, 0.15) is 0 Å². The van der Waals surface area contributed by atoms with Crippen molar-refractivity contribution in [2.75, 3.05) is 0 Å². The van der Waals surface area contributed by atoms with Crippen LogP contribution in [0.15, 0.2) is 18.3 Å². The van der Waals surface area contributed by atoms with Gasteiger partial charge in [0.25, 0.3) is 0 Å². The van der Waals surface area contributed by atoms with E-state index >= 15 is 0 Å². The van der Waals surface area contributed by atoms with Gasteiger partial charge in [0.2, 0.25) is 6.20 Å². The van der Waals surface area contributed by atoms with Crippen LogP contribution in [-0.2, 0) is 0 Å². The molecule has 0 bridgehead atoms. The van der Waals surface area contributed by atoms with Crippen LogP contribution in [-0.4, -0.2) is 10.0 Å². The molecule has 1 aromatic rings. The SMILES string of the molecule is O=[N+]([O-])/C=C/c1cc(F)c(O)c(F)c1. The molecule has 0 spiro atoms. The zero-order chi connectivity index (χ0) is 10.7. The average Bonchev–Trinajstić information content (AvgIpc) is 2.10. The first-order valence-electron chi connectivity index (χ1n) is 3.50. The summed E-state index contributed by atoms with van der Waals surface area (Å²) in [6.07, 6.45) is 1.47. The molecule has 0 saturated carbocycles. The fraction of sp³-hybridized carbons (Fsp3) is 0. The molecule has 74 valence electrons. The molecule has 0 aliphatic heterocycles. The summed E-state index contributed by atoms with van der Waals surface area (Å²) in [6.45, 7) is 0. The summed E-state index contributed by atoms with van der Waals surface area (Å²) in [5.74, 6) is -3.41. The van der Waals surface area contributed by atoms with Crippen molar-refractivity contribution in [3.8, 4) is 5.75 Å². The highest BCUT2D eigenvalue weighted by Gasteiger charge is 2.08. The first-order chi connectivity index (χ1) is 6.50. The van der Waals surface area contributed by atoms with Crippen LogP contribution >= 0.6 is 0 Å². The lowest BCUT2D eigenvalue weighted by Gasteiger charge is -1.98. The monoisotopic (exact) mass is 201 g/mol. The van der Waals surface area contributed by atoms with Gasteiger partial charge in [-0.05, 0) is 17.7 Å². The zero-order valence-corrected chi connectivity index (χ0v) is 6.78. The Balaban J connectivity index is 3.07. The Hall–Kier alpha value is -1.98. The molecule has 0 aliphatic carbocycles. The van der Waals surface area contributed by atoms with E-state index in [1.807, 2.05) is 0 Å². The van der Waals surface area contributed by atoms with Crippen molar-refractivity contribution in [1.29, 1.82) is 0 Å². The molecule has 1 aromatic carbocycles. The van der Waals surface area contributed by atoms with Gasteiger partial charge in [-0.3, -0.25) is 10.1 Å². The van der Waals surface area contributed by atoms with Gasteiger partial charge < -0.3 is 5.11 Å². The van der Waals surface area contributed by atoms with Crippen LogP contribution in [0.3, 0.4) is 0 Å². The van der Waals surface area contributed by atoms with Gasteiger partial charge in [-0.2, -0.15) is 0 Å². The summed E-state index contributed by atoms with van der Waals surface area (Å²) in [4.78, 5) is 9.13. The lowest BCUT2D eigenvalue weighted by molar-refractivity contribution is -0.400. The number of phenols is 1. The molecular weight excluding hydrogens is 196 g/mol. The van der Waals surface area contributed by atoms with E-state index in [1.54, 1.807) is 0 Å². The number of hydrogen-bond acceptors (Lipinski definition) is 3. The largest absolute Gasteiger partial charge is 0.503 e. The molecule has 1 N–H and O–H groups in total. The van der Waals surface area contributed by atoms with Crippen molar-refractivity contribution >= 4 is 6.08 Å². The smallest absolute Gasteiger partial charge is 0.235 e. The van der Waals surface area contributed by atoms with Crippen molar-refractivity contribution in [1.82, 2.24) is 0 Å². The predicted octanol–water partition coefficient (Wildman–Crippen LogP) is 1.92. The molecule has 0 aromatic heterocycles. The molecule has 0 heterocycles. The van der Waals surface area contributed by atoms with E-state index < -0.39 is 22.3 Å². The molecular formula is C8H5F2NO3. The van der Waals surface area contributed by atoms with Gasteiger partial charge in [0.15, 0.2) is 17.4 Å². The molecule has 0 unspecified atom stereocenters. The minimum Gasteiger partial charge on any atom is -0.503 e. The summed E-state index contributed by atoms with van der Waals surface area (Å²) in [7, 11) is 0. The third-order valence-corrected chi connectivity index (χ3v) is 1.43. The van der Waals surface area contributed by atoms with Gasteiger partial charge in [-0.1, -0.05) is 0 Å². The molecule has 0 aliphatic rings. The number of nitrogens with zero attached hydrogens (tertiary/aromatic N) is 1. The highest BCUT2D eigenvalue weighted by atomic mass is 19.1. The van der Waals surface area contributed by atoms with E-state index in [1.165, 1.54) is 0 Å². The fourth-order valence-corrected chi connectivity index (χ4v) is 0.828. The van der Waals surface area contributed by atoms with E-state index in [0.717, 1.165) is 18.2 Å². The van der Waals surface area contributed by atoms with Crippen LogP contribution in [0.5, 0.6) is 5.75 Å². The summed E-state index contributed by atoms with van der Waals surface area (Å²) < 4.78 is 25.3. The number of aromatic hydroxyl groups is 1. The quantitative estimate of drug-likeness (QED) is 0.587. The van der Waals surface area contributed by atoms with Crippen LogP contribution in [0.1, 0.15) is 5.56 Å². The first-order valence-corrected chi connectivity index (χ1v) is 3.50. The average molecular weight is 201 g/mol. The third-order valence-electron chi connectivity index (χ3n) is 1.43. The number of rotatable bonds is 2. The number of nitro groups is 1. The summed E-state index contributed by atoms with van der Waals surface area (Å²) in [6, 6.07) is 1.58. The second-order valence-electron chi connectivity index (χ2n) is 2.43. The fourth-order valence-electron chi connectivity index (χ4n) is 0.828. The van der Waals surface area contributed by atoms with Crippen LogP contribution in [0, 0.1) is 21.7 Å². The Morgan fingerprint density at radius 1 is 1.36 bits per heavy atom. The zero-order valence-electron chi connectivity index (χ0n) is 6.78. The van der Waals surface area contributed by atoms with Crippen molar-refractivity contribution in [3.63, 3.8) is 0 Å². The highest BCUT2D eigenvalue weighted by Crippen LogP contribution is 2.21. The Bertz CT molecular complexity index is 381. The molecule has 4 nitrogen and oxygen atoms in total. The lowest BCUT2D eigenvalue weighted by Crippen LogP contribution is -1.87. The van der Waals surface area contributed by atoms with Crippen LogP contribution in [0.4, 0.5) is 8.78 Å². The number of hydrogen-bond donors (Lipinski definition) is 1. The number of halogens is 2. The summed E-state index contributed by atoms with van der Waals surface area (Å²) >= 11 is 0. The normalized spacial score (nSPS) is 10.7. The lowest BCUT2D eigenvalue weighted by atomic mass is 10.2. The Morgan fingerprint density at radius 2 is 1.86 bits per heavy atom. The minimum atomic E-state index is -1.16. The van der Waals surface area contributed by atoms with E-state index in [0.29, 0.717) is 6.20 Å². The van der Waals surface area contributed by atoms with Crippen molar-refractivity contribution < 1.29 is 18.8 Å². The second-order valence-corrected chi connectivity index (χ2v) is 2.43. The number of phenolic OH excluding ortho intramolecular Hbond substituents is 1. The van der Waals surface area contributed by atoms with E-state index in [-0.39, 0.29) is 5.56 Å². The van der Waals surface area contributed by atoms with Crippen molar-refractivity contribution in [2.24, 2.45) is 0 Å². The van der Waals surface area contributed by atoms with Gasteiger partial charge in [-0.25, -0.2) is 8.78 Å². The topological polar surface area (TPSA) is 63.4 Å². The van der Waals surface area contributed by atoms with Crippen LogP contribution in [0.2, 0.25) is 0 Å². The second kappa shape index (κ2) is 3.82. The maximum absolute atomic E-state index is 12.7. The number of benzene rings is 1. The maximum atomic E-state index is 12.7. The van der Waals surface area contributed by atoms with E-state index in [9.17, 15) is 18.9 Å². The Morgan fingerprint density at radius 3 is 2.29 bits per heavy atom. The van der Waals surface area contributed by atoms with Gasteiger partial charge in [0, 0.05) is 6.08 Å². The molecule has 0 amide bonds. The molecule has 0 atom stereocenters. The maximum Gasteiger partial charge on any atom is 0.235 e. The van der Waals surface area contributed by atoms with E-state index in [2.05, 4.69) is 0 Å². The van der Waals surface area contributed by atoms with Crippen molar-refractivity contribution in [2.45, 2.75) is 0 Å². The highest BCUT2D eigenvalue weighted by molar-refractivity contribution is 5.50. The Kier molecular flexibility index (Phi) is 2.76. The van der Waals surface area contributed by atoms with Crippen LogP contribution < -0.4 is 0 Å². The van der Waals surface area contributed by atoms with E-state index in [4.69, 9.17) is 5.11 Å². The molecule has 0 radical (unpaired) electrons. The molecule has 1 rings (SSSR count). The Labute approximate surface area is 77.2 Å². The minimum absolute atomic E-state index is 0.0329. The standard InChI is InChI=1S/C8H5F2NO3/c9-6-3-5(1-2-11(13)14)4-7(10)8(6)12/h1-4,12H/b2-1+. The third kappa shape index (κ3) is 2.25. The van der Waals surface area contributed by atoms with Crippen molar-refractivity contribution in [3.05, 3.63) is 45.6 Å². The van der Waals surface area contributed by atoms with Gasteiger partial charge in [-0.15, -0.1) is 0 Å². The summed E-state index contributed by atoms with van der Waals surface area (Å²) in [5, 5.41) is 18.6. The van der Waals surface area contributed by atoms with Gasteiger partial charge in [0.05, 0.1) is 4.92 Å². The predicted molar refractivity (Wildman–Crippen MR) is 44.1 cm³/mol. The molecule has 0 fully saturated rings. The summed E-state index contributed by atoms with van der Waals surface area (Å²) in [5.41, 5.74) is -0.0329. The first kappa shape index (κ1) is 10.1. The molecule has 0 saturated heterocycles.